The van der Waals surface area contributed by atoms with Crippen LogP contribution in [0.4, 0.5) is 11.4 Å². The summed E-state index contributed by atoms with van der Waals surface area (Å²) in [5, 5.41) is 6.41. The lowest BCUT2D eigenvalue weighted by atomic mass is 10.1. The van der Waals surface area contributed by atoms with Crippen LogP contribution in [0.5, 0.6) is 0 Å². The van der Waals surface area contributed by atoms with Crippen LogP contribution in [0.15, 0.2) is 71.6 Å². The molecule has 2 N–H and O–H groups in total. The van der Waals surface area contributed by atoms with E-state index in [0.717, 1.165) is 28.1 Å². The second-order valence-electron chi connectivity index (χ2n) is 6.79. The van der Waals surface area contributed by atoms with Gasteiger partial charge in [0, 0.05) is 26.9 Å². The zero-order chi connectivity index (χ0) is 21.5. The molecular formula is C24H23ClN2O2S. The molecule has 0 spiro atoms. The molecule has 3 aromatic carbocycles. The summed E-state index contributed by atoms with van der Waals surface area (Å²) in [6, 6.07) is 20.2. The molecule has 0 saturated heterocycles. The van der Waals surface area contributed by atoms with Gasteiger partial charge in [0.15, 0.2) is 0 Å². The topological polar surface area (TPSA) is 58.2 Å². The molecule has 154 valence electrons. The fraction of sp³-hybridized carbons (Fsp3) is 0.167. The van der Waals surface area contributed by atoms with Gasteiger partial charge in [-0.05, 0) is 60.9 Å². The van der Waals surface area contributed by atoms with Crippen LogP contribution in [0.25, 0.3) is 0 Å². The Labute approximate surface area is 186 Å². The summed E-state index contributed by atoms with van der Waals surface area (Å²) in [4.78, 5) is 25.8. The molecule has 30 heavy (non-hydrogen) atoms. The number of hydrogen-bond donors (Lipinski definition) is 2. The van der Waals surface area contributed by atoms with Crippen molar-refractivity contribution in [1.29, 1.82) is 0 Å². The van der Waals surface area contributed by atoms with Gasteiger partial charge in [-0.1, -0.05) is 48.9 Å². The standard InChI is InChI=1S/C24H23ClN2O2S/c1-3-17-8-4-7-16(2)23(17)27-22(28)15-30-21-12-6-11-20(14-21)26-24(29)18-9-5-10-19(25)13-18/h4-14H,3,15H2,1-2H3,(H,26,29)(H,27,28). The molecule has 0 heterocycles. The van der Waals surface area contributed by atoms with E-state index in [0.29, 0.717) is 16.3 Å². The maximum Gasteiger partial charge on any atom is 0.255 e. The van der Waals surface area contributed by atoms with Gasteiger partial charge >= 0.3 is 0 Å². The lowest BCUT2D eigenvalue weighted by Gasteiger charge is -2.13. The van der Waals surface area contributed by atoms with E-state index in [-0.39, 0.29) is 17.6 Å². The number of rotatable bonds is 7. The second kappa shape index (κ2) is 10.3. The summed E-state index contributed by atoms with van der Waals surface area (Å²) < 4.78 is 0. The van der Waals surface area contributed by atoms with E-state index in [2.05, 4.69) is 17.6 Å². The zero-order valence-electron chi connectivity index (χ0n) is 16.9. The Morgan fingerprint density at radius 1 is 0.967 bits per heavy atom. The highest BCUT2D eigenvalue weighted by Gasteiger charge is 2.10. The molecule has 0 aliphatic rings. The van der Waals surface area contributed by atoms with Gasteiger partial charge in [-0.25, -0.2) is 0 Å². The summed E-state index contributed by atoms with van der Waals surface area (Å²) in [7, 11) is 0. The van der Waals surface area contributed by atoms with Crippen LogP contribution >= 0.6 is 23.4 Å². The molecule has 0 unspecified atom stereocenters. The Balaban J connectivity index is 1.60. The molecule has 3 rings (SSSR count). The third-order valence-electron chi connectivity index (χ3n) is 4.55. The molecule has 0 bridgehead atoms. The SMILES string of the molecule is CCc1cccc(C)c1NC(=O)CSc1cccc(NC(=O)c2cccc(Cl)c2)c1. The fourth-order valence-electron chi connectivity index (χ4n) is 3.02. The van der Waals surface area contributed by atoms with Crippen molar-refractivity contribution in [2.24, 2.45) is 0 Å². The first-order chi connectivity index (χ1) is 14.5. The molecule has 0 saturated carbocycles. The number of anilines is 2. The van der Waals surface area contributed by atoms with Crippen LogP contribution in [0.1, 0.15) is 28.4 Å². The molecule has 3 aromatic rings. The van der Waals surface area contributed by atoms with Gasteiger partial charge in [0.25, 0.3) is 5.91 Å². The van der Waals surface area contributed by atoms with Crippen LogP contribution in [-0.2, 0) is 11.2 Å². The van der Waals surface area contributed by atoms with Crippen LogP contribution in [0.3, 0.4) is 0 Å². The Kier molecular flexibility index (Phi) is 7.55. The third kappa shape index (κ3) is 5.88. The molecule has 0 aliphatic heterocycles. The molecule has 4 nitrogen and oxygen atoms in total. The van der Waals surface area contributed by atoms with Gasteiger partial charge < -0.3 is 10.6 Å². The van der Waals surface area contributed by atoms with E-state index in [1.54, 1.807) is 24.3 Å². The number of carbonyl (C=O) groups excluding carboxylic acids is 2. The second-order valence-corrected chi connectivity index (χ2v) is 8.28. The first kappa shape index (κ1) is 21.9. The van der Waals surface area contributed by atoms with E-state index in [9.17, 15) is 9.59 Å². The van der Waals surface area contributed by atoms with Gasteiger partial charge in [-0.3, -0.25) is 9.59 Å². The van der Waals surface area contributed by atoms with E-state index in [1.165, 1.54) is 11.8 Å². The van der Waals surface area contributed by atoms with Crippen LogP contribution in [-0.4, -0.2) is 17.6 Å². The highest BCUT2D eigenvalue weighted by atomic mass is 35.5. The number of hydrogen-bond acceptors (Lipinski definition) is 3. The average Bonchev–Trinajstić information content (AvgIpc) is 2.74. The smallest absolute Gasteiger partial charge is 0.255 e. The van der Waals surface area contributed by atoms with Gasteiger partial charge in [-0.15, -0.1) is 11.8 Å². The highest BCUT2D eigenvalue weighted by Crippen LogP contribution is 2.24. The monoisotopic (exact) mass is 438 g/mol. The van der Waals surface area contributed by atoms with E-state index in [4.69, 9.17) is 11.6 Å². The van der Waals surface area contributed by atoms with Crippen LogP contribution < -0.4 is 10.6 Å². The van der Waals surface area contributed by atoms with E-state index in [1.807, 2.05) is 49.4 Å². The molecule has 2 amide bonds. The largest absolute Gasteiger partial charge is 0.325 e. The summed E-state index contributed by atoms with van der Waals surface area (Å²) >= 11 is 7.38. The van der Waals surface area contributed by atoms with Crippen molar-refractivity contribution in [3.05, 3.63) is 88.4 Å². The quantitative estimate of drug-likeness (QED) is 0.432. The Morgan fingerprint density at radius 2 is 1.73 bits per heavy atom. The number of nitrogens with one attached hydrogen (secondary N) is 2. The van der Waals surface area contributed by atoms with Gasteiger partial charge in [0.05, 0.1) is 5.75 Å². The van der Waals surface area contributed by atoms with Crippen molar-refractivity contribution in [2.45, 2.75) is 25.2 Å². The number of benzene rings is 3. The summed E-state index contributed by atoms with van der Waals surface area (Å²) in [5.74, 6) is -0.00943. The van der Waals surface area contributed by atoms with Gasteiger partial charge in [-0.2, -0.15) is 0 Å². The first-order valence-corrected chi connectivity index (χ1v) is 11.0. The number of para-hydroxylation sites is 1. The van der Waals surface area contributed by atoms with E-state index < -0.39 is 0 Å². The van der Waals surface area contributed by atoms with Gasteiger partial charge in [0.1, 0.15) is 0 Å². The van der Waals surface area contributed by atoms with Crippen molar-refractivity contribution in [2.75, 3.05) is 16.4 Å². The maximum absolute atomic E-state index is 12.5. The zero-order valence-corrected chi connectivity index (χ0v) is 18.4. The molecule has 0 atom stereocenters. The minimum atomic E-state index is -0.232. The van der Waals surface area contributed by atoms with Crippen molar-refractivity contribution in [3.63, 3.8) is 0 Å². The van der Waals surface area contributed by atoms with E-state index >= 15 is 0 Å². The molecule has 0 radical (unpaired) electrons. The number of aryl methyl sites for hydroxylation is 2. The molecular weight excluding hydrogens is 416 g/mol. The predicted molar refractivity (Wildman–Crippen MR) is 126 cm³/mol. The lowest BCUT2D eigenvalue weighted by Crippen LogP contribution is -2.16. The Hall–Kier alpha value is -2.76. The highest BCUT2D eigenvalue weighted by molar-refractivity contribution is 8.00. The minimum Gasteiger partial charge on any atom is -0.325 e. The number of amides is 2. The van der Waals surface area contributed by atoms with Crippen molar-refractivity contribution < 1.29 is 9.59 Å². The number of halogens is 1. The Morgan fingerprint density at radius 3 is 2.50 bits per heavy atom. The van der Waals surface area contributed by atoms with Gasteiger partial charge in [0.2, 0.25) is 5.91 Å². The number of carbonyl (C=O) groups is 2. The minimum absolute atomic E-state index is 0.0580. The van der Waals surface area contributed by atoms with Crippen molar-refractivity contribution in [3.8, 4) is 0 Å². The first-order valence-electron chi connectivity index (χ1n) is 9.64. The maximum atomic E-state index is 12.5. The lowest BCUT2D eigenvalue weighted by molar-refractivity contribution is -0.113. The molecule has 0 fully saturated rings. The molecule has 6 heteroatoms. The van der Waals surface area contributed by atoms with Crippen LogP contribution in [0.2, 0.25) is 5.02 Å². The van der Waals surface area contributed by atoms with Crippen molar-refractivity contribution >= 4 is 46.6 Å². The fourth-order valence-corrected chi connectivity index (χ4v) is 3.97. The normalized spacial score (nSPS) is 10.5. The molecule has 0 aromatic heterocycles. The summed E-state index contributed by atoms with van der Waals surface area (Å²) in [5.41, 5.74) is 4.23. The predicted octanol–water partition coefficient (Wildman–Crippen LogP) is 6.19. The summed E-state index contributed by atoms with van der Waals surface area (Å²) in [6.07, 6.45) is 0.860. The Bertz CT molecular complexity index is 1070. The average molecular weight is 439 g/mol. The third-order valence-corrected chi connectivity index (χ3v) is 5.78. The van der Waals surface area contributed by atoms with Crippen LogP contribution in [0, 0.1) is 6.92 Å². The summed E-state index contributed by atoms with van der Waals surface area (Å²) in [6.45, 7) is 4.07. The van der Waals surface area contributed by atoms with Crippen molar-refractivity contribution in [1.82, 2.24) is 0 Å². The number of thioether (sulfide) groups is 1. The molecule has 0 aliphatic carbocycles.